The van der Waals surface area contributed by atoms with Crippen LogP contribution in [-0.2, 0) is 0 Å². The summed E-state index contributed by atoms with van der Waals surface area (Å²) in [7, 11) is 1.75. The largest absolute Gasteiger partial charge is 0.349 e. The molecule has 0 bridgehead atoms. The van der Waals surface area contributed by atoms with Crippen LogP contribution in [-0.4, -0.2) is 24.9 Å². The summed E-state index contributed by atoms with van der Waals surface area (Å²) in [5.41, 5.74) is 2.00. The summed E-state index contributed by atoms with van der Waals surface area (Å²) in [5, 5.41) is 3.06. The number of nitrogens with zero attached hydrogens (tertiary/aromatic N) is 1. The molecule has 0 spiro atoms. The molecular weight excluding hydrogens is 300 g/mol. The van der Waals surface area contributed by atoms with Crippen LogP contribution in [0.4, 0.5) is 5.69 Å². The van der Waals surface area contributed by atoms with Gasteiger partial charge in [-0.3, -0.25) is 9.59 Å². The van der Waals surface area contributed by atoms with E-state index in [1.165, 1.54) is 12.8 Å². The Morgan fingerprint density at radius 2 is 1.50 bits per heavy atom. The molecule has 0 aromatic heterocycles. The molecular formula is C20H22N2O2. The SMILES string of the molecule is CN(C(=O)c1ccc(C(=O)NC2CCCC2)cc1)c1ccccc1. The van der Waals surface area contributed by atoms with E-state index in [1.54, 1.807) is 36.2 Å². The lowest BCUT2D eigenvalue weighted by Gasteiger charge is -2.17. The molecule has 4 nitrogen and oxygen atoms in total. The van der Waals surface area contributed by atoms with Gasteiger partial charge in [-0.05, 0) is 49.2 Å². The van der Waals surface area contributed by atoms with E-state index >= 15 is 0 Å². The van der Waals surface area contributed by atoms with Gasteiger partial charge in [0.1, 0.15) is 0 Å². The van der Waals surface area contributed by atoms with Gasteiger partial charge in [-0.15, -0.1) is 0 Å². The average molecular weight is 322 g/mol. The highest BCUT2D eigenvalue weighted by Gasteiger charge is 2.18. The quantitative estimate of drug-likeness (QED) is 0.934. The highest BCUT2D eigenvalue weighted by Crippen LogP contribution is 2.19. The minimum absolute atomic E-state index is 0.0580. The van der Waals surface area contributed by atoms with Crippen LogP contribution in [0.2, 0.25) is 0 Å². The molecule has 4 heteroatoms. The molecule has 1 aliphatic carbocycles. The molecule has 2 aromatic rings. The number of hydrogen-bond acceptors (Lipinski definition) is 2. The van der Waals surface area contributed by atoms with E-state index in [1.807, 2.05) is 30.3 Å². The van der Waals surface area contributed by atoms with Gasteiger partial charge in [0, 0.05) is 29.9 Å². The zero-order valence-electron chi connectivity index (χ0n) is 13.9. The Bertz CT molecular complexity index is 704. The summed E-state index contributed by atoms with van der Waals surface area (Å²) in [6.07, 6.45) is 4.49. The van der Waals surface area contributed by atoms with Gasteiger partial charge in [0.2, 0.25) is 0 Å². The monoisotopic (exact) mass is 322 g/mol. The molecule has 1 saturated carbocycles. The second-order valence-corrected chi connectivity index (χ2v) is 6.23. The minimum atomic E-state index is -0.0936. The molecule has 0 saturated heterocycles. The third-order valence-electron chi connectivity index (χ3n) is 4.53. The number of anilines is 1. The molecule has 0 atom stereocenters. The minimum Gasteiger partial charge on any atom is -0.349 e. The summed E-state index contributed by atoms with van der Waals surface area (Å²) < 4.78 is 0. The van der Waals surface area contributed by atoms with E-state index < -0.39 is 0 Å². The van der Waals surface area contributed by atoms with Crippen molar-refractivity contribution in [1.82, 2.24) is 5.32 Å². The zero-order valence-corrected chi connectivity index (χ0v) is 13.9. The van der Waals surface area contributed by atoms with E-state index in [0.29, 0.717) is 17.2 Å². The lowest BCUT2D eigenvalue weighted by Crippen LogP contribution is -2.32. The van der Waals surface area contributed by atoms with E-state index in [9.17, 15) is 9.59 Å². The maximum Gasteiger partial charge on any atom is 0.258 e. The van der Waals surface area contributed by atoms with Crippen molar-refractivity contribution in [3.05, 3.63) is 65.7 Å². The van der Waals surface area contributed by atoms with Crippen molar-refractivity contribution >= 4 is 17.5 Å². The number of para-hydroxylation sites is 1. The van der Waals surface area contributed by atoms with Crippen molar-refractivity contribution in [3.8, 4) is 0 Å². The van der Waals surface area contributed by atoms with Crippen molar-refractivity contribution in [2.45, 2.75) is 31.7 Å². The van der Waals surface area contributed by atoms with Gasteiger partial charge in [-0.2, -0.15) is 0 Å². The van der Waals surface area contributed by atoms with Crippen molar-refractivity contribution < 1.29 is 9.59 Å². The summed E-state index contributed by atoms with van der Waals surface area (Å²) in [4.78, 5) is 26.4. The highest BCUT2D eigenvalue weighted by atomic mass is 16.2. The maximum absolute atomic E-state index is 12.5. The van der Waals surface area contributed by atoms with Gasteiger partial charge in [0.25, 0.3) is 11.8 Å². The van der Waals surface area contributed by atoms with Gasteiger partial charge in [0.05, 0.1) is 0 Å². The second-order valence-electron chi connectivity index (χ2n) is 6.23. The smallest absolute Gasteiger partial charge is 0.258 e. The van der Waals surface area contributed by atoms with E-state index in [2.05, 4.69) is 5.32 Å². The topological polar surface area (TPSA) is 49.4 Å². The van der Waals surface area contributed by atoms with Crippen LogP contribution >= 0.6 is 0 Å². The van der Waals surface area contributed by atoms with Crippen LogP contribution in [0, 0.1) is 0 Å². The number of hydrogen-bond donors (Lipinski definition) is 1. The molecule has 24 heavy (non-hydrogen) atoms. The molecule has 0 heterocycles. The van der Waals surface area contributed by atoms with Gasteiger partial charge >= 0.3 is 0 Å². The van der Waals surface area contributed by atoms with E-state index in [0.717, 1.165) is 18.5 Å². The molecule has 1 aliphatic rings. The van der Waals surface area contributed by atoms with Crippen LogP contribution in [0.1, 0.15) is 46.4 Å². The third kappa shape index (κ3) is 3.65. The molecule has 2 aromatic carbocycles. The normalized spacial score (nSPS) is 14.4. The summed E-state index contributed by atoms with van der Waals surface area (Å²) in [5.74, 6) is -0.152. The lowest BCUT2D eigenvalue weighted by molar-refractivity contribution is 0.0935. The van der Waals surface area contributed by atoms with Crippen molar-refractivity contribution in [3.63, 3.8) is 0 Å². The number of carbonyl (C=O) groups is 2. The van der Waals surface area contributed by atoms with Gasteiger partial charge in [0.15, 0.2) is 0 Å². The molecule has 0 radical (unpaired) electrons. The molecule has 3 rings (SSSR count). The fourth-order valence-corrected chi connectivity index (χ4v) is 3.07. The van der Waals surface area contributed by atoms with Crippen LogP contribution in [0.25, 0.3) is 0 Å². The summed E-state index contributed by atoms with van der Waals surface area (Å²) in [6, 6.07) is 16.7. The standard InChI is InChI=1S/C20H22N2O2/c1-22(18-9-3-2-4-10-18)20(24)16-13-11-15(12-14-16)19(23)21-17-7-5-6-8-17/h2-4,9-14,17H,5-8H2,1H3,(H,21,23). The first kappa shape index (κ1) is 16.2. The first-order chi connectivity index (χ1) is 11.6. The third-order valence-corrected chi connectivity index (χ3v) is 4.53. The first-order valence-electron chi connectivity index (χ1n) is 8.39. The van der Waals surface area contributed by atoms with Crippen molar-refractivity contribution in [1.29, 1.82) is 0 Å². The number of nitrogens with one attached hydrogen (secondary N) is 1. The Hall–Kier alpha value is -2.62. The Kier molecular flexibility index (Phi) is 4.94. The van der Waals surface area contributed by atoms with Crippen molar-refractivity contribution in [2.75, 3.05) is 11.9 Å². The molecule has 124 valence electrons. The van der Waals surface area contributed by atoms with E-state index in [4.69, 9.17) is 0 Å². The molecule has 2 amide bonds. The number of amides is 2. The lowest BCUT2D eigenvalue weighted by atomic mass is 10.1. The van der Waals surface area contributed by atoms with Crippen molar-refractivity contribution in [2.24, 2.45) is 0 Å². The second kappa shape index (κ2) is 7.30. The number of carbonyl (C=O) groups excluding carboxylic acids is 2. The Balaban J connectivity index is 1.67. The van der Waals surface area contributed by atoms with Crippen LogP contribution in [0.5, 0.6) is 0 Å². The molecule has 0 unspecified atom stereocenters. The Labute approximate surface area is 142 Å². The van der Waals surface area contributed by atoms with Gasteiger partial charge in [-0.25, -0.2) is 0 Å². The van der Waals surface area contributed by atoms with Crippen LogP contribution < -0.4 is 10.2 Å². The number of rotatable bonds is 4. The first-order valence-corrected chi connectivity index (χ1v) is 8.39. The summed E-state index contributed by atoms with van der Waals surface area (Å²) >= 11 is 0. The number of benzene rings is 2. The maximum atomic E-state index is 12.5. The van der Waals surface area contributed by atoms with Gasteiger partial charge in [-0.1, -0.05) is 31.0 Å². The molecule has 1 fully saturated rings. The fourth-order valence-electron chi connectivity index (χ4n) is 3.07. The Morgan fingerprint density at radius 3 is 2.12 bits per heavy atom. The zero-order chi connectivity index (χ0) is 16.9. The molecule has 0 aliphatic heterocycles. The Morgan fingerprint density at radius 1 is 0.917 bits per heavy atom. The van der Waals surface area contributed by atoms with E-state index in [-0.39, 0.29) is 11.8 Å². The molecule has 1 N–H and O–H groups in total. The fraction of sp³-hybridized carbons (Fsp3) is 0.300. The predicted octanol–water partition coefficient (Wildman–Crippen LogP) is 3.64. The highest BCUT2D eigenvalue weighted by molar-refractivity contribution is 6.06. The summed E-state index contributed by atoms with van der Waals surface area (Å²) in [6.45, 7) is 0. The van der Waals surface area contributed by atoms with Gasteiger partial charge < -0.3 is 10.2 Å². The van der Waals surface area contributed by atoms with Crippen LogP contribution in [0.15, 0.2) is 54.6 Å². The van der Waals surface area contributed by atoms with Crippen LogP contribution in [0.3, 0.4) is 0 Å². The average Bonchev–Trinajstić information content (AvgIpc) is 3.14. The predicted molar refractivity (Wildman–Crippen MR) is 95.3 cm³/mol.